The van der Waals surface area contributed by atoms with Gasteiger partial charge in [0.05, 0.1) is 13.7 Å². The zero-order valence-electron chi connectivity index (χ0n) is 6.04. The van der Waals surface area contributed by atoms with E-state index in [1.165, 1.54) is 11.5 Å². The fourth-order valence-corrected chi connectivity index (χ4v) is 3.83. The molecule has 0 spiro atoms. The maximum atomic E-state index is 4.78. The van der Waals surface area contributed by atoms with Crippen LogP contribution in [0.4, 0.5) is 0 Å². The van der Waals surface area contributed by atoms with Crippen molar-refractivity contribution >= 4 is 21.6 Å². The molecule has 4 heteroatoms. The second kappa shape index (κ2) is 5.29. The predicted octanol–water partition coefficient (Wildman–Crippen LogP) is 1.97. The maximum absolute atomic E-state index is 4.78. The van der Waals surface area contributed by atoms with Gasteiger partial charge in [-0.2, -0.15) is 0 Å². The van der Waals surface area contributed by atoms with Crippen molar-refractivity contribution in [1.29, 1.82) is 0 Å². The first-order chi connectivity index (χ1) is 4.93. The third-order valence-corrected chi connectivity index (χ3v) is 4.12. The van der Waals surface area contributed by atoms with Crippen LogP contribution in [-0.4, -0.2) is 25.2 Å². The molecule has 0 aromatic carbocycles. The fourth-order valence-electron chi connectivity index (χ4n) is 0.802. The van der Waals surface area contributed by atoms with Crippen LogP contribution in [0.5, 0.6) is 0 Å². The molecule has 0 atom stereocenters. The van der Waals surface area contributed by atoms with Gasteiger partial charge in [-0.05, 0) is 12.3 Å². The lowest BCUT2D eigenvalue weighted by Gasteiger charge is -2.04. The molecule has 0 radical (unpaired) electrons. The molecule has 0 aromatic rings. The zero-order valence-corrected chi connectivity index (χ0v) is 7.67. The molecule has 0 amide bonds. The van der Waals surface area contributed by atoms with E-state index in [2.05, 4.69) is 4.89 Å². The van der Waals surface area contributed by atoms with Gasteiger partial charge in [-0.3, -0.25) is 0 Å². The Hall–Kier alpha value is 0.620. The van der Waals surface area contributed by atoms with Crippen molar-refractivity contribution in [2.45, 2.75) is 6.42 Å². The SMILES string of the molecule is COOCCC1CSSC1. The van der Waals surface area contributed by atoms with Gasteiger partial charge in [-0.1, -0.05) is 21.6 Å². The van der Waals surface area contributed by atoms with Crippen LogP contribution < -0.4 is 0 Å². The summed E-state index contributed by atoms with van der Waals surface area (Å²) in [6.45, 7) is 0.738. The van der Waals surface area contributed by atoms with Crippen LogP contribution in [0.15, 0.2) is 0 Å². The molecule has 1 aliphatic heterocycles. The number of hydrogen-bond donors (Lipinski definition) is 0. The summed E-state index contributed by atoms with van der Waals surface area (Å²) in [6.07, 6.45) is 1.13. The van der Waals surface area contributed by atoms with E-state index in [-0.39, 0.29) is 0 Å². The molecular formula is C6H12O2S2. The second-order valence-corrected chi connectivity index (χ2v) is 4.76. The van der Waals surface area contributed by atoms with E-state index >= 15 is 0 Å². The van der Waals surface area contributed by atoms with Gasteiger partial charge in [-0.15, -0.1) is 0 Å². The summed E-state index contributed by atoms with van der Waals surface area (Å²) in [4.78, 5) is 9.26. The Labute approximate surface area is 69.4 Å². The summed E-state index contributed by atoms with van der Waals surface area (Å²) < 4.78 is 0. The van der Waals surface area contributed by atoms with Crippen LogP contribution >= 0.6 is 21.6 Å². The summed E-state index contributed by atoms with van der Waals surface area (Å²) >= 11 is 0. The molecule has 0 unspecified atom stereocenters. The molecule has 0 aromatic heterocycles. The van der Waals surface area contributed by atoms with Crippen LogP contribution in [0.1, 0.15) is 6.42 Å². The van der Waals surface area contributed by atoms with Crippen molar-refractivity contribution in [1.82, 2.24) is 0 Å². The Morgan fingerprint density at radius 2 is 2.10 bits per heavy atom. The van der Waals surface area contributed by atoms with Gasteiger partial charge in [0.2, 0.25) is 0 Å². The molecule has 60 valence electrons. The Morgan fingerprint density at radius 3 is 2.70 bits per heavy atom. The summed E-state index contributed by atoms with van der Waals surface area (Å²) in [7, 11) is 5.47. The molecule has 2 nitrogen and oxygen atoms in total. The van der Waals surface area contributed by atoms with Crippen LogP contribution in [-0.2, 0) is 9.78 Å². The van der Waals surface area contributed by atoms with Crippen molar-refractivity contribution in [3.05, 3.63) is 0 Å². The van der Waals surface area contributed by atoms with Crippen molar-refractivity contribution < 1.29 is 9.78 Å². The maximum Gasteiger partial charge on any atom is 0.0825 e. The first-order valence-electron chi connectivity index (χ1n) is 3.33. The monoisotopic (exact) mass is 180 g/mol. The molecule has 0 bridgehead atoms. The molecule has 0 N–H and O–H groups in total. The minimum atomic E-state index is 0.738. The van der Waals surface area contributed by atoms with E-state index in [9.17, 15) is 0 Å². The second-order valence-electron chi connectivity index (χ2n) is 2.21. The largest absolute Gasteiger partial charge is 0.240 e. The average molecular weight is 180 g/mol. The number of hydrogen-bond acceptors (Lipinski definition) is 4. The van der Waals surface area contributed by atoms with Crippen LogP contribution in [0.3, 0.4) is 0 Å². The third-order valence-electron chi connectivity index (χ3n) is 1.42. The minimum absolute atomic E-state index is 0.738. The van der Waals surface area contributed by atoms with Gasteiger partial charge in [-0.25, -0.2) is 9.78 Å². The van der Waals surface area contributed by atoms with Crippen LogP contribution in [0.2, 0.25) is 0 Å². The van der Waals surface area contributed by atoms with E-state index in [1.54, 1.807) is 7.11 Å². The van der Waals surface area contributed by atoms with E-state index < -0.39 is 0 Å². The molecular weight excluding hydrogens is 168 g/mol. The fraction of sp³-hybridized carbons (Fsp3) is 1.00. The van der Waals surface area contributed by atoms with E-state index in [1.807, 2.05) is 21.6 Å². The predicted molar refractivity (Wildman–Crippen MR) is 46.0 cm³/mol. The highest BCUT2D eigenvalue weighted by Gasteiger charge is 2.15. The van der Waals surface area contributed by atoms with Gasteiger partial charge in [0.1, 0.15) is 0 Å². The lowest BCUT2D eigenvalue weighted by Crippen LogP contribution is -2.05. The quantitative estimate of drug-likeness (QED) is 0.285. The third kappa shape index (κ3) is 3.14. The number of rotatable bonds is 4. The topological polar surface area (TPSA) is 18.5 Å². The Balaban J connectivity index is 1.91. The average Bonchev–Trinajstić information content (AvgIpc) is 2.41. The highest BCUT2D eigenvalue weighted by molar-refractivity contribution is 8.77. The molecule has 1 saturated heterocycles. The Kier molecular flexibility index (Phi) is 4.61. The standard InChI is InChI=1S/C6H12O2S2/c1-7-8-3-2-6-4-9-10-5-6/h6H,2-5H2,1H3. The lowest BCUT2D eigenvalue weighted by molar-refractivity contribution is -0.273. The normalized spacial score (nSPS) is 20.1. The van der Waals surface area contributed by atoms with E-state index in [4.69, 9.17) is 4.89 Å². The highest BCUT2D eigenvalue weighted by atomic mass is 33.1. The minimum Gasteiger partial charge on any atom is -0.240 e. The first-order valence-corrected chi connectivity index (χ1v) is 5.82. The molecule has 0 saturated carbocycles. The lowest BCUT2D eigenvalue weighted by atomic mass is 10.1. The van der Waals surface area contributed by atoms with Crippen molar-refractivity contribution in [2.75, 3.05) is 25.2 Å². The van der Waals surface area contributed by atoms with Gasteiger partial charge in [0.25, 0.3) is 0 Å². The summed E-state index contributed by atoms with van der Waals surface area (Å²) in [5.74, 6) is 3.39. The van der Waals surface area contributed by atoms with Crippen molar-refractivity contribution in [3.8, 4) is 0 Å². The summed E-state index contributed by atoms with van der Waals surface area (Å²) in [6, 6.07) is 0. The van der Waals surface area contributed by atoms with Crippen molar-refractivity contribution in [3.63, 3.8) is 0 Å². The van der Waals surface area contributed by atoms with Gasteiger partial charge < -0.3 is 0 Å². The van der Waals surface area contributed by atoms with E-state index in [0.717, 1.165) is 18.9 Å². The van der Waals surface area contributed by atoms with Crippen molar-refractivity contribution in [2.24, 2.45) is 5.92 Å². The summed E-state index contributed by atoms with van der Waals surface area (Å²) in [5, 5.41) is 0. The first kappa shape index (κ1) is 8.71. The van der Waals surface area contributed by atoms with Crippen LogP contribution in [0.25, 0.3) is 0 Å². The Bertz CT molecular complexity index is 83.8. The molecule has 1 aliphatic rings. The molecule has 1 rings (SSSR count). The molecule has 10 heavy (non-hydrogen) atoms. The van der Waals surface area contributed by atoms with E-state index in [0.29, 0.717) is 0 Å². The summed E-state index contributed by atoms with van der Waals surface area (Å²) in [5.41, 5.74) is 0. The van der Waals surface area contributed by atoms with Gasteiger partial charge in [0, 0.05) is 11.5 Å². The smallest absolute Gasteiger partial charge is 0.0825 e. The van der Waals surface area contributed by atoms with Crippen LogP contribution in [0, 0.1) is 5.92 Å². The molecule has 1 heterocycles. The van der Waals surface area contributed by atoms with Gasteiger partial charge >= 0.3 is 0 Å². The van der Waals surface area contributed by atoms with Gasteiger partial charge in [0.15, 0.2) is 0 Å². The molecule has 0 aliphatic carbocycles. The highest BCUT2D eigenvalue weighted by Crippen LogP contribution is 2.35. The molecule has 1 fully saturated rings. The Morgan fingerprint density at radius 1 is 1.40 bits per heavy atom. The zero-order chi connectivity index (χ0) is 7.23.